The lowest BCUT2D eigenvalue weighted by atomic mass is 10.0. The van der Waals surface area contributed by atoms with Crippen LogP contribution in [0.5, 0.6) is 0 Å². The molecular weight excluding hydrogens is 244 g/mol. The predicted molar refractivity (Wildman–Crippen MR) is 72.5 cm³/mol. The average Bonchev–Trinajstić information content (AvgIpc) is 2.76. The molecule has 1 aliphatic heterocycles. The van der Waals surface area contributed by atoms with Crippen LogP contribution < -0.4 is 11.0 Å². The summed E-state index contributed by atoms with van der Waals surface area (Å²) in [6.45, 7) is 2.48. The smallest absolute Gasteiger partial charge is 0.306 e. The van der Waals surface area contributed by atoms with Crippen molar-refractivity contribution in [2.45, 2.75) is 6.04 Å². The lowest BCUT2D eigenvalue weighted by Crippen LogP contribution is -2.52. The van der Waals surface area contributed by atoms with Crippen LogP contribution in [0.1, 0.15) is 10.4 Å². The van der Waals surface area contributed by atoms with Crippen LogP contribution in [0.25, 0.3) is 11.0 Å². The maximum atomic E-state index is 12.4. The number of nitrogens with one attached hydrogen (secondary N) is 3. The van der Waals surface area contributed by atoms with Gasteiger partial charge < -0.3 is 20.2 Å². The second kappa shape index (κ2) is 4.64. The first-order chi connectivity index (χ1) is 9.13. The van der Waals surface area contributed by atoms with Gasteiger partial charge in [-0.25, -0.2) is 4.79 Å². The summed E-state index contributed by atoms with van der Waals surface area (Å²) in [6, 6.07) is 5.06. The van der Waals surface area contributed by atoms with Gasteiger partial charge in [-0.3, -0.25) is 4.79 Å². The molecule has 1 fully saturated rings. The monoisotopic (exact) mass is 260 g/mol. The van der Waals surface area contributed by atoms with Crippen molar-refractivity contribution >= 4 is 16.8 Å². The van der Waals surface area contributed by atoms with E-state index in [1.54, 1.807) is 18.2 Å². The average molecular weight is 260 g/mol. The number of hydrogen-bond donors (Lipinski definition) is 3. The quantitative estimate of drug-likeness (QED) is 0.661. The van der Waals surface area contributed by atoms with Crippen LogP contribution in [0.3, 0.4) is 0 Å². The number of H-pyrrole nitrogens is 2. The van der Waals surface area contributed by atoms with E-state index in [9.17, 15) is 9.59 Å². The van der Waals surface area contributed by atoms with E-state index < -0.39 is 0 Å². The van der Waals surface area contributed by atoms with E-state index in [4.69, 9.17) is 0 Å². The number of hydrogen-bond acceptors (Lipinski definition) is 4. The van der Waals surface area contributed by atoms with Crippen molar-refractivity contribution in [3.05, 3.63) is 34.2 Å². The molecule has 0 amide bonds. The number of nitrogens with zero attached hydrogens (tertiary/aromatic N) is 1. The minimum Gasteiger partial charge on any atom is -0.306 e. The molecule has 0 spiro atoms. The minimum absolute atomic E-state index is 0.0653. The Labute approximate surface area is 109 Å². The molecule has 0 bridgehead atoms. The summed E-state index contributed by atoms with van der Waals surface area (Å²) in [5.41, 5.74) is 1.75. The van der Waals surface area contributed by atoms with E-state index in [1.165, 1.54) is 0 Å². The summed E-state index contributed by atoms with van der Waals surface area (Å²) < 4.78 is 0. The molecule has 0 aliphatic carbocycles. The Hall–Kier alpha value is -1.92. The molecule has 0 radical (unpaired) electrons. The molecular formula is C13H16N4O2. The zero-order valence-electron chi connectivity index (χ0n) is 10.7. The van der Waals surface area contributed by atoms with Gasteiger partial charge in [-0.2, -0.15) is 0 Å². The van der Waals surface area contributed by atoms with Gasteiger partial charge in [0.2, 0.25) is 0 Å². The van der Waals surface area contributed by atoms with Crippen LogP contribution >= 0.6 is 0 Å². The number of rotatable bonds is 2. The van der Waals surface area contributed by atoms with E-state index >= 15 is 0 Å². The van der Waals surface area contributed by atoms with Crippen LogP contribution in [-0.4, -0.2) is 53.4 Å². The second-order valence-electron chi connectivity index (χ2n) is 4.97. The highest BCUT2D eigenvalue weighted by Gasteiger charge is 2.24. The van der Waals surface area contributed by atoms with Gasteiger partial charge in [0.1, 0.15) is 0 Å². The van der Waals surface area contributed by atoms with Gasteiger partial charge in [0.05, 0.1) is 17.1 Å². The summed E-state index contributed by atoms with van der Waals surface area (Å²) in [5.74, 6) is 0.0653. The fourth-order valence-corrected chi connectivity index (χ4v) is 2.46. The zero-order chi connectivity index (χ0) is 13.4. The number of ketones is 1. The molecule has 1 atom stereocenters. The first kappa shape index (κ1) is 12.1. The zero-order valence-corrected chi connectivity index (χ0v) is 10.7. The van der Waals surface area contributed by atoms with Crippen molar-refractivity contribution in [1.29, 1.82) is 0 Å². The topological polar surface area (TPSA) is 81.0 Å². The van der Waals surface area contributed by atoms with E-state index in [0.717, 1.165) is 18.6 Å². The SMILES string of the molecule is CN1CCNC(C(=O)c2ccc3[nH]c(=O)[nH]c3c2)C1. The third-order valence-corrected chi connectivity index (χ3v) is 3.50. The highest BCUT2D eigenvalue weighted by molar-refractivity contribution is 6.02. The van der Waals surface area contributed by atoms with Crippen molar-refractivity contribution in [2.24, 2.45) is 0 Å². The molecule has 6 heteroatoms. The number of aromatic nitrogens is 2. The van der Waals surface area contributed by atoms with Gasteiger partial charge in [-0.15, -0.1) is 0 Å². The standard InChI is InChI=1S/C13H16N4O2/c1-17-5-4-14-11(7-17)12(18)8-2-3-9-10(6-8)16-13(19)15-9/h2-3,6,11,14H,4-5,7H2,1H3,(H2,15,16,19). The van der Waals surface area contributed by atoms with Gasteiger partial charge in [0.15, 0.2) is 5.78 Å². The van der Waals surface area contributed by atoms with E-state index in [1.807, 2.05) is 7.05 Å². The van der Waals surface area contributed by atoms with Gasteiger partial charge >= 0.3 is 5.69 Å². The first-order valence-corrected chi connectivity index (χ1v) is 6.32. The molecule has 3 rings (SSSR count). The van der Waals surface area contributed by atoms with Crippen LogP contribution in [-0.2, 0) is 0 Å². The van der Waals surface area contributed by atoms with Gasteiger partial charge in [0, 0.05) is 25.2 Å². The molecule has 1 unspecified atom stereocenters. The molecule has 2 heterocycles. The number of piperazine rings is 1. The van der Waals surface area contributed by atoms with Gasteiger partial charge in [0.25, 0.3) is 0 Å². The Bertz CT molecular complexity index is 673. The molecule has 19 heavy (non-hydrogen) atoms. The number of likely N-dealkylation sites (N-methyl/N-ethyl adjacent to an activating group) is 1. The van der Waals surface area contributed by atoms with Crippen LogP contribution in [0.2, 0.25) is 0 Å². The molecule has 100 valence electrons. The fraction of sp³-hybridized carbons (Fsp3) is 0.385. The molecule has 0 saturated carbocycles. The Morgan fingerprint density at radius 3 is 2.89 bits per heavy atom. The van der Waals surface area contributed by atoms with Crippen molar-refractivity contribution < 1.29 is 4.79 Å². The highest BCUT2D eigenvalue weighted by atomic mass is 16.1. The molecule has 1 saturated heterocycles. The summed E-state index contributed by atoms with van der Waals surface area (Å²) in [5, 5.41) is 3.23. The minimum atomic E-state index is -0.255. The van der Waals surface area contributed by atoms with Crippen LogP contribution in [0, 0.1) is 0 Å². The van der Waals surface area contributed by atoms with Crippen molar-refractivity contribution in [3.63, 3.8) is 0 Å². The number of imidazole rings is 1. The molecule has 2 aromatic rings. The van der Waals surface area contributed by atoms with Crippen molar-refractivity contribution in [3.8, 4) is 0 Å². The molecule has 1 aliphatic rings. The van der Waals surface area contributed by atoms with E-state index in [2.05, 4.69) is 20.2 Å². The molecule has 3 N–H and O–H groups in total. The first-order valence-electron chi connectivity index (χ1n) is 6.32. The van der Waals surface area contributed by atoms with Gasteiger partial charge in [-0.1, -0.05) is 0 Å². The van der Waals surface area contributed by atoms with E-state index in [0.29, 0.717) is 17.6 Å². The van der Waals surface area contributed by atoms with E-state index in [-0.39, 0.29) is 17.5 Å². The normalized spacial score (nSPS) is 20.8. The fourth-order valence-electron chi connectivity index (χ4n) is 2.46. The summed E-state index contributed by atoms with van der Waals surface area (Å²) in [4.78, 5) is 31.1. The Morgan fingerprint density at radius 1 is 1.32 bits per heavy atom. The number of benzene rings is 1. The Kier molecular flexibility index (Phi) is 2.96. The lowest BCUT2D eigenvalue weighted by molar-refractivity contribution is 0.0894. The summed E-state index contributed by atoms with van der Waals surface area (Å²) in [6.07, 6.45) is 0. The third kappa shape index (κ3) is 2.32. The Balaban J connectivity index is 1.90. The van der Waals surface area contributed by atoms with Gasteiger partial charge in [-0.05, 0) is 25.2 Å². The van der Waals surface area contributed by atoms with Crippen LogP contribution in [0.15, 0.2) is 23.0 Å². The van der Waals surface area contributed by atoms with Crippen molar-refractivity contribution in [2.75, 3.05) is 26.7 Å². The molecule has 1 aromatic carbocycles. The predicted octanol–water partition coefficient (Wildman–Crippen LogP) is -0.0575. The number of aromatic amines is 2. The van der Waals surface area contributed by atoms with Crippen molar-refractivity contribution in [1.82, 2.24) is 20.2 Å². The Morgan fingerprint density at radius 2 is 2.11 bits per heavy atom. The summed E-state index contributed by atoms with van der Waals surface area (Å²) in [7, 11) is 2.01. The largest absolute Gasteiger partial charge is 0.323 e. The highest BCUT2D eigenvalue weighted by Crippen LogP contribution is 2.13. The third-order valence-electron chi connectivity index (χ3n) is 3.50. The number of carbonyl (C=O) groups excluding carboxylic acids is 1. The number of Topliss-reactive ketones (excluding diaryl/α,β-unsaturated/α-hetero) is 1. The molecule has 1 aromatic heterocycles. The molecule has 6 nitrogen and oxygen atoms in total. The maximum Gasteiger partial charge on any atom is 0.323 e. The maximum absolute atomic E-state index is 12.4. The van der Waals surface area contributed by atoms with Crippen LogP contribution in [0.4, 0.5) is 0 Å². The summed E-state index contributed by atoms with van der Waals surface area (Å²) >= 11 is 0. The number of fused-ring (bicyclic) bond motifs is 1. The second-order valence-corrected chi connectivity index (χ2v) is 4.97. The number of carbonyl (C=O) groups is 1. The lowest BCUT2D eigenvalue weighted by Gasteiger charge is -2.29.